The molecule has 0 bridgehead atoms. The number of rotatable bonds is 5. The fourth-order valence-corrected chi connectivity index (χ4v) is 3.55. The summed E-state index contributed by atoms with van der Waals surface area (Å²) in [6, 6.07) is 4.75. The third kappa shape index (κ3) is 4.26. The van der Waals surface area contributed by atoms with E-state index in [4.69, 9.17) is 4.74 Å². The Bertz CT molecular complexity index is 692. The Morgan fingerprint density at radius 3 is 2.81 bits per heavy atom. The molecular weight excluding hydrogens is 424 g/mol. The summed E-state index contributed by atoms with van der Waals surface area (Å²) in [6.45, 7) is 0.872. The molecule has 0 spiro atoms. The highest BCUT2D eigenvalue weighted by Crippen LogP contribution is 2.32. The molecule has 0 aliphatic rings. The molecule has 112 valence electrons. The van der Waals surface area contributed by atoms with E-state index in [0.717, 1.165) is 8.26 Å². The van der Waals surface area contributed by atoms with Gasteiger partial charge in [0.05, 0.1) is 21.0 Å². The van der Waals surface area contributed by atoms with E-state index in [1.807, 2.05) is 0 Å². The molecule has 0 atom stereocenters. The minimum atomic E-state index is -0.219. The van der Waals surface area contributed by atoms with Gasteiger partial charge in [-0.1, -0.05) is 0 Å². The number of aromatic nitrogens is 1. The van der Waals surface area contributed by atoms with Crippen molar-refractivity contribution in [1.82, 2.24) is 4.57 Å². The highest BCUT2D eigenvalue weighted by Gasteiger charge is 2.12. The lowest BCUT2D eigenvalue weighted by molar-refractivity contribution is 0.103. The van der Waals surface area contributed by atoms with Crippen molar-refractivity contribution in [1.29, 1.82) is 0 Å². The van der Waals surface area contributed by atoms with Gasteiger partial charge in [0.25, 0.3) is 11.5 Å². The third-order valence-corrected chi connectivity index (χ3v) is 5.90. The first-order valence-electron chi connectivity index (χ1n) is 5.97. The van der Waals surface area contributed by atoms with Gasteiger partial charge in [-0.05, 0) is 44.0 Å². The molecule has 1 N–H and O–H groups in total. The van der Waals surface area contributed by atoms with Crippen LogP contribution in [0.1, 0.15) is 9.67 Å². The summed E-state index contributed by atoms with van der Waals surface area (Å²) >= 11 is 8.03. The zero-order valence-corrected chi connectivity index (χ0v) is 15.0. The number of nitrogens with one attached hydrogen (secondary N) is 1. The fourth-order valence-electron chi connectivity index (χ4n) is 1.62. The SMILES string of the molecule is COCCn1cc(NC(=O)c2cc(Br)c(Br)s2)ccc1=O. The third-order valence-electron chi connectivity index (χ3n) is 2.65. The molecular formula is C13H12Br2N2O3S. The molecule has 2 aromatic rings. The zero-order chi connectivity index (χ0) is 15.4. The minimum Gasteiger partial charge on any atom is -0.383 e. The first-order chi connectivity index (χ1) is 10.0. The van der Waals surface area contributed by atoms with E-state index in [1.54, 1.807) is 25.4 Å². The molecule has 0 aliphatic carbocycles. The molecule has 8 heteroatoms. The highest BCUT2D eigenvalue weighted by molar-refractivity contribution is 9.13. The summed E-state index contributed by atoms with van der Waals surface area (Å²) in [5.41, 5.74) is 0.433. The van der Waals surface area contributed by atoms with Crippen LogP contribution in [0.3, 0.4) is 0 Å². The van der Waals surface area contributed by atoms with Gasteiger partial charge < -0.3 is 14.6 Å². The molecule has 2 aromatic heterocycles. The largest absolute Gasteiger partial charge is 0.383 e. The Morgan fingerprint density at radius 1 is 1.43 bits per heavy atom. The van der Waals surface area contributed by atoms with Crippen LogP contribution < -0.4 is 10.9 Å². The predicted molar refractivity (Wildman–Crippen MR) is 90.3 cm³/mol. The van der Waals surface area contributed by atoms with Crippen LogP contribution in [0.4, 0.5) is 5.69 Å². The number of nitrogens with zero attached hydrogens (tertiary/aromatic N) is 1. The number of methoxy groups -OCH3 is 1. The maximum atomic E-state index is 12.1. The van der Waals surface area contributed by atoms with Gasteiger partial charge in [0.1, 0.15) is 0 Å². The van der Waals surface area contributed by atoms with Crippen LogP contribution in [0.5, 0.6) is 0 Å². The Balaban J connectivity index is 2.15. The lowest BCUT2D eigenvalue weighted by Gasteiger charge is -2.08. The van der Waals surface area contributed by atoms with Crippen molar-refractivity contribution in [3.8, 4) is 0 Å². The van der Waals surface area contributed by atoms with E-state index in [-0.39, 0.29) is 11.5 Å². The van der Waals surface area contributed by atoms with E-state index in [9.17, 15) is 9.59 Å². The number of hydrogen-bond donors (Lipinski definition) is 1. The van der Waals surface area contributed by atoms with Gasteiger partial charge in [0.2, 0.25) is 0 Å². The minimum absolute atomic E-state index is 0.133. The molecule has 5 nitrogen and oxygen atoms in total. The molecule has 0 radical (unpaired) electrons. The summed E-state index contributed by atoms with van der Waals surface area (Å²) < 4.78 is 8.15. The maximum absolute atomic E-state index is 12.1. The molecule has 2 rings (SSSR count). The van der Waals surface area contributed by atoms with Crippen LogP contribution >= 0.6 is 43.2 Å². The van der Waals surface area contributed by atoms with Gasteiger partial charge in [-0.3, -0.25) is 9.59 Å². The Kier molecular flexibility index (Phi) is 5.74. The second-order valence-corrected chi connectivity index (χ2v) is 7.35. The second-order valence-electron chi connectivity index (χ2n) is 4.13. The number of thiophene rings is 1. The van der Waals surface area contributed by atoms with Crippen molar-refractivity contribution in [3.05, 3.63) is 47.9 Å². The fraction of sp³-hybridized carbons (Fsp3) is 0.231. The number of amides is 1. The molecule has 2 heterocycles. The number of carbonyl (C=O) groups excluding carboxylic acids is 1. The van der Waals surface area contributed by atoms with E-state index >= 15 is 0 Å². The Hall–Kier alpha value is -0.960. The molecule has 0 unspecified atom stereocenters. The monoisotopic (exact) mass is 434 g/mol. The van der Waals surface area contributed by atoms with Crippen molar-refractivity contribution < 1.29 is 9.53 Å². The topological polar surface area (TPSA) is 60.3 Å². The number of halogens is 2. The van der Waals surface area contributed by atoms with Gasteiger partial charge in [0, 0.05) is 30.4 Å². The molecule has 0 aliphatic heterocycles. The average molecular weight is 436 g/mol. The summed E-state index contributed by atoms with van der Waals surface area (Å²) in [6.07, 6.45) is 1.61. The van der Waals surface area contributed by atoms with Gasteiger partial charge in [-0.25, -0.2) is 0 Å². The van der Waals surface area contributed by atoms with Crippen molar-refractivity contribution in [2.24, 2.45) is 0 Å². The highest BCUT2D eigenvalue weighted by atomic mass is 79.9. The van der Waals surface area contributed by atoms with E-state index < -0.39 is 0 Å². The van der Waals surface area contributed by atoms with Crippen LogP contribution in [0.25, 0.3) is 0 Å². The summed E-state index contributed by atoms with van der Waals surface area (Å²) in [5.74, 6) is -0.219. The maximum Gasteiger partial charge on any atom is 0.265 e. The summed E-state index contributed by atoms with van der Waals surface area (Å²) in [7, 11) is 1.57. The normalized spacial score (nSPS) is 10.6. The van der Waals surface area contributed by atoms with E-state index in [0.29, 0.717) is 23.7 Å². The molecule has 0 fully saturated rings. The Morgan fingerprint density at radius 2 is 2.19 bits per heavy atom. The summed E-state index contributed by atoms with van der Waals surface area (Å²) in [4.78, 5) is 24.4. The molecule has 0 saturated carbocycles. The van der Waals surface area contributed by atoms with Crippen molar-refractivity contribution in [3.63, 3.8) is 0 Å². The van der Waals surface area contributed by atoms with Gasteiger partial charge in [-0.15, -0.1) is 11.3 Å². The van der Waals surface area contributed by atoms with Crippen LogP contribution in [0.2, 0.25) is 0 Å². The summed E-state index contributed by atoms with van der Waals surface area (Å²) in [5, 5.41) is 2.77. The van der Waals surface area contributed by atoms with Crippen molar-refractivity contribution in [2.75, 3.05) is 19.0 Å². The van der Waals surface area contributed by atoms with Crippen LogP contribution in [0, 0.1) is 0 Å². The standard InChI is InChI=1S/C13H12Br2N2O3S/c1-20-5-4-17-7-8(2-3-11(17)18)16-13(19)10-6-9(14)12(15)21-10/h2-3,6-7H,4-5H2,1H3,(H,16,19). The van der Waals surface area contributed by atoms with Crippen LogP contribution in [-0.2, 0) is 11.3 Å². The second kappa shape index (κ2) is 7.35. The van der Waals surface area contributed by atoms with Crippen LogP contribution in [0.15, 0.2) is 37.4 Å². The smallest absolute Gasteiger partial charge is 0.265 e. The number of ether oxygens (including phenoxy) is 1. The number of carbonyl (C=O) groups is 1. The first kappa shape index (κ1) is 16.4. The average Bonchev–Trinajstić information content (AvgIpc) is 2.79. The molecule has 0 saturated heterocycles. The zero-order valence-electron chi connectivity index (χ0n) is 11.1. The molecule has 0 aromatic carbocycles. The molecule has 1 amide bonds. The van der Waals surface area contributed by atoms with Crippen molar-refractivity contribution >= 4 is 54.8 Å². The van der Waals surface area contributed by atoms with E-state index in [2.05, 4.69) is 37.2 Å². The van der Waals surface area contributed by atoms with Gasteiger partial charge >= 0.3 is 0 Å². The quantitative estimate of drug-likeness (QED) is 0.783. The van der Waals surface area contributed by atoms with E-state index in [1.165, 1.54) is 22.0 Å². The first-order valence-corrected chi connectivity index (χ1v) is 8.37. The Labute approximate surface area is 142 Å². The van der Waals surface area contributed by atoms with Gasteiger partial charge in [-0.2, -0.15) is 0 Å². The number of anilines is 1. The lowest BCUT2D eigenvalue weighted by atomic mass is 10.3. The number of pyridine rings is 1. The predicted octanol–water partition coefficient (Wildman–Crippen LogP) is 3.33. The number of hydrogen-bond acceptors (Lipinski definition) is 4. The molecule has 21 heavy (non-hydrogen) atoms. The van der Waals surface area contributed by atoms with Crippen LogP contribution in [-0.4, -0.2) is 24.2 Å². The van der Waals surface area contributed by atoms with Crippen molar-refractivity contribution in [2.45, 2.75) is 6.54 Å². The lowest BCUT2D eigenvalue weighted by Crippen LogP contribution is -2.22. The van der Waals surface area contributed by atoms with Gasteiger partial charge in [0.15, 0.2) is 0 Å².